The van der Waals surface area contributed by atoms with Gasteiger partial charge in [0.05, 0.1) is 4.92 Å². The van der Waals surface area contributed by atoms with Crippen molar-refractivity contribution in [1.29, 1.82) is 0 Å². The van der Waals surface area contributed by atoms with Gasteiger partial charge in [-0.05, 0) is 18.8 Å². The SMILES string of the molecule is O=[N+]([O-])c1c(O)nc(SCC2CC2)nc1O. The Morgan fingerprint density at radius 1 is 1.38 bits per heavy atom. The normalized spacial score (nSPS) is 15.0. The topological polar surface area (TPSA) is 109 Å². The molecule has 86 valence electrons. The van der Waals surface area contributed by atoms with Crippen molar-refractivity contribution < 1.29 is 15.1 Å². The summed E-state index contributed by atoms with van der Waals surface area (Å²) in [5.74, 6) is -0.156. The standard InChI is InChI=1S/C8H9N3O4S/c12-6-5(11(14)15)7(13)10-8(9-6)16-3-4-1-2-4/h4H,1-3H2,(H2,9,10,12,13). The van der Waals surface area contributed by atoms with Gasteiger partial charge in [-0.15, -0.1) is 0 Å². The molecule has 0 spiro atoms. The van der Waals surface area contributed by atoms with E-state index < -0.39 is 22.4 Å². The molecule has 1 saturated carbocycles. The quantitative estimate of drug-likeness (QED) is 0.355. The number of thioether (sulfide) groups is 1. The molecule has 0 aromatic carbocycles. The van der Waals surface area contributed by atoms with Crippen molar-refractivity contribution in [2.45, 2.75) is 18.0 Å². The smallest absolute Gasteiger partial charge is 0.392 e. The van der Waals surface area contributed by atoms with Gasteiger partial charge < -0.3 is 10.2 Å². The second-order valence-corrected chi connectivity index (χ2v) is 4.50. The number of hydrogen-bond acceptors (Lipinski definition) is 7. The van der Waals surface area contributed by atoms with Crippen LogP contribution in [0.4, 0.5) is 5.69 Å². The Kier molecular flexibility index (Phi) is 2.82. The fraction of sp³-hybridized carbons (Fsp3) is 0.500. The van der Waals surface area contributed by atoms with Crippen molar-refractivity contribution in [3.63, 3.8) is 0 Å². The Morgan fingerprint density at radius 3 is 2.38 bits per heavy atom. The molecule has 8 heteroatoms. The molecule has 0 bridgehead atoms. The lowest BCUT2D eigenvalue weighted by atomic mass is 10.5. The molecule has 0 atom stereocenters. The third-order valence-electron chi connectivity index (χ3n) is 2.15. The zero-order valence-corrected chi connectivity index (χ0v) is 8.98. The van der Waals surface area contributed by atoms with Gasteiger partial charge in [-0.25, -0.2) is 0 Å². The molecule has 1 fully saturated rings. The third kappa shape index (κ3) is 2.32. The monoisotopic (exact) mass is 243 g/mol. The minimum absolute atomic E-state index is 0.160. The molecule has 2 rings (SSSR count). The molecular weight excluding hydrogens is 234 g/mol. The van der Waals surface area contributed by atoms with Gasteiger partial charge in [0, 0.05) is 5.75 Å². The first-order valence-corrected chi connectivity index (χ1v) is 5.63. The lowest BCUT2D eigenvalue weighted by Gasteiger charge is -2.01. The second-order valence-electron chi connectivity index (χ2n) is 3.51. The summed E-state index contributed by atoms with van der Waals surface area (Å²) in [6.45, 7) is 0. The Bertz CT molecular complexity index is 412. The second kappa shape index (κ2) is 4.12. The van der Waals surface area contributed by atoms with Gasteiger partial charge in [-0.3, -0.25) is 10.1 Å². The molecule has 1 heterocycles. The summed E-state index contributed by atoms with van der Waals surface area (Å²) < 4.78 is 0. The Morgan fingerprint density at radius 2 is 1.94 bits per heavy atom. The number of nitrogens with zero attached hydrogens (tertiary/aromatic N) is 3. The maximum atomic E-state index is 10.4. The number of aromatic hydroxyl groups is 2. The molecule has 1 aromatic heterocycles. The zero-order valence-electron chi connectivity index (χ0n) is 8.16. The molecule has 0 amide bonds. The van der Waals surface area contributed by atoms with Gasteiger partial charge in [0.1, 0.15) is 0 Å². The van der Waals surface area contributed by atoms with Crippen LogP contribution in [0.5, 0.6) is 11.8 Å². The zero-order chi connectivity index (χ0) is 11.7. The predicted molar refractivity (Wildman–Crippen MR) is 55.5 cm³/mol. The van der Waals surface area contributed by atoms with Crippen molar-refractivity contribution in [3.8, 4) is 11.8 Å². The largest absolute Gasteiger partial charge is 0.488 e. The summed E-state index contributed by atoms with van der Waals surface area (Å²) in [6.07, 6.45) is 2.33. The van der Waals surface area contributed by atoms with E-state index in [1.165, 1.54) is 11.8 Å². The van der Waals surface area contributed by atoms with Gasteiger partial charge in [-0.2, -0.15) is 9.97 Å². The lowest BCUT2D eigenvalue weighted by Crippen LogP contribution is -1.96. The van der Waals surface area contributed by atoms with Crippen LogP contribution in [-0.2, 0) is 0 Å². The molecule has 0 unspecified atom stereocenters. The number of hydrogen-bond donors (Lipinski definition) is 2. The highest BCUT2D eigenvalue weighted by Gasteiger charge is 2.26. The Labute approximate surface area is 94.7 Å². The van der Waals surface area contributed by atoms with Crippen LogP contribution in [0.2, 0.25) is 0 Å². The van der Waals surface area contributed by atoms with E-state index in [0.717, 1.165) is 18.6 Å². The summed E-state index contributed by atoms with van der Waals surface area (Å²) in [6, 6.07) is 0. The summed E-state index contributed by atoms with van der Waals surface area (Å²) >= 11 is 1.27. The summed E-state index contributed by atoms with van der Waals surface area (Å²) in [4.78, 5) is 16.6. The van der Waals surface area contributed by atoms with E-state index in [4.69, 9.17) is 0 Å². The highest BCUT2D eigenvalue weighted by molar-refractivity contribution is 7.99. The average molecular weight is 243 g/mol. The first-order chi connectivity index (χ1) is 7.58. The fourth-order valence-electron chi connectivity index (χ4n) is 1.12. The van der Waals surface area contributed by atoms with Crippen LogP contribution in [0.3, 0.4) is 0 Å². The maximum Gasteiger partial charge on any atom is 0.392 e. The first-order valence-electron chi connectivity index (χ1n) is 4.65. The van der Waals surface area contributed by atoms with Gasteiger partial charge in [0.2, 0.25) is 0 Å². The van der Waals surface area contributed by atoms with Crippen LogP contribution < -0.4 is 0 Å². The van der Waals surface area contributed by atoms with Crippen LogP contribution >= 0.6 is 11.8 Å². The summed E-state index contributed by atoms with van der Waals surface area (Å²) in [5.41, 5.74) is -0.851. The third-order valence-corrected chi connectivity index (χ3v) is 3.23. The van der Waals surface area contributed by atoms with Crippen LogP contribution in [0.15, 0.2) is 5.16 Å². The van der Waals surface area contributed by atoms with Crippen molar-refractivity contribution >= 4 is 17.4 Å². The number of aromatic nitrogens is 2. The van der Waals surface area contributed by atoms with Crippen LogP contribution in [0.1, 0.15) is 12.8 Å². The summed E-state index contributed by atoms with van der Waals surface area (Å²) in [7, 11) is 0. The van der Waals surface area contributed by atoms with E-state index in [0.29, 0.717) is 5.92 Å². The molecule has 0 saturated heterocycles. The van der Waals surface area contributed by atoms with Crippen molar-refractivity contribution in [3.05, 3.63) is 10.1 Å². The van der Waals surface area contributed by atoms with Crippen molar-refractivity contribution in [2.24, 2.45) is 5.92 Å². The molecule has 2 N–H and O–H groups in total. The fourth-order valence-corrected chi connectivity index (χ4v) is 2.14. The predicted octanol–water partition coefficient (Wildman–Crippen LogP) is 1.30. The van der Waals surface area contributed by atoms with E-state index in [-0.39, 0.29) is 5.16 Å². The van der Waals surface area contributed by atoms with Gasteiger partial charge in [0.15, 0.2) is 5.16 Å². The maximum absolute atomic E-state index is 10.4. The highest BCUT2D eigenvalue weighted by Crippen LogP contribution is 2.37. The lowest BCUT2D eigenvalue weighted by molar-refractivity contribution is -0.387. The van der Waals surface area contributed by atoms with Crippen LogP contribution in [0.25, 0.3) is 0 Å². The van der Waals surface area contributed by atoms with Gasteiger partial charge in [-0.1, -0.05) is 11.8 Å². The molecule has 16 heavy (non-hydrogen) atoms. The first kappa shape index (κ1) is 10.9. The van der Waals surface area contributed by atoms with E-state index in [1.54, 1.807) is 0 Å². The number of nitro groups is 1. The average Bonchev–Trinajstić information content (AvgIpc) is 2.96. The van der Waals surface area contributed by atoms with E-state index in [1.807, 2.05) is 0 Å². The minimum atomic E-state index is -0.917. The molecule has 1 aliphatic carbocycles. The summed E-state index contributed by atoms with van der Waals surface area (Å²) in [5, 5.41) is 29.1. The van der Waals surface area contributed by atoms with Crippen LogP contribution in [0, 0.1) is 16.0 Å². The molecule has 1 aliphatic rings. The van der Waals surface area contributed by atoms with Crippen molar-refractivity contribution in [2.75, 3.05) is 5.75 Å². The van der Waals surface area contributed by atoms with E-state index in [2.05, 4.69) is 9.97 Å². The molecule has 1 aromatic rings. The minimum Gasteiger partial charge on any atom is -0.488 e. The highest BCUT2D eigenvalue weighted by atomic mass is 32.2. The van der Waals surface area contributed by atoms with Crippen LogP contribution in [-0.4, -0.2) is 30.9 Å². The van der Waals surface area contributed by atoms with Gasteiger partial charge >= 0.3 is 5.69 Å². The number of rotatable bonds is 4. The molecular formula is C8H9N3O4S. The van der Waals surface area contributed by atoms with Gasteiger partial charge in [0.25, 0.3) is 11.8 Å². The Hall–Kier alpha value is -1.57. The Balaban J connectivity index is 2.18. The van der Waals surface area contributed by atoms with Crippen molar-refractivity contribution in [1.82, 2.24) is 9.97 Å². The van der Waals surface area contributed by atoms with E-state index in [9.17, 15) is 20.3 Å². The molecule has 0 aliphatic heterocycles. The molecule has 7 nitrogen and oxygen atoms in total. The van der Waals surface area contributed by atoms with E-state index >= 15 is 0 Å². The molecule has 0 radical (unpaired) electrons.